The number of halogens is 2. The standard InChI is InChI=1S/C18H15Cl2N3O4S/c1-27-18-12-7-10(8-16(28(21,25)26)11(12)5-6-22-18)23-17(24)9-13-14(19)3-2-4-15(13)20/h2-8H,9H2,1H3,(H,23,24)(H2,21,25,26). The second-order valence-electron chi connectivity index (χ2n) is 5.86. The number of pyridine rings is 1. The Kier molecular flexibility index (Phi) is 5.76. The zero-order valence-electron chi connectivity index (χ0n) is 14.6. The lowest BCUT2D eigenvalue weighted by Gasteiger charge is -2.12. The number of rotatable bonds is 5. The number of carbonyl (C=O) groups excluding carboxylic acids is 1. The Hall–Kier alpha value is -2.39. The summed E-state index contributed by atoms with van der Waals surface area (Å²) in [6.07, 6.45) is 1.32. The van der Waals surface area contributed by atoms with E-state index in [1.807, 2.05) is 0 Å². The van der Waals surface area contributed by atoms with Crippen LogP contribution in [0.2, 0.25) is 10.0 Å². The van der Waals surface area contributed by atoms with Gasteiger partial charge in [-0.1, -0.05) is 29.3 Å². The maximum atomic E-state index is 12.5. The minimum absolute atomic E-state index is 0.0918. The number of primary sulfonamides is 1. The SMILES string of the molecule is COc1nccc2c(S(N)(=O)=O)cc(NC(=O)Cc3c(Cl)cccc3Cl)cc12. The van der Waals surface area contributed by atoms with Crippen molar-refractivity contribution in [1.82, 2.24) is 4.98 Å². The summed E-state index contributed by atoms with van der Waals surface area (Å²) in [7, 11) is -2.66. The molecule has 7 nitrogen and oxygen atoms in total. The number of ether oxygens (including phenoxy) is 1. The van der Waals surface area contributed by atoms with Gasteiger partial charge in [0.2, 0.25) is 21.8 Å². The summed E-state index contributed by atoms with van der Waals surface area (Å²) < 4.78 is 29.3. The average Bonchev–Trinajstić information content (AvgIpc) is 2.63. The van der Waals surface area contributed by atoms with E-state index in [1.165, 1.54) is 25.4 Å². The summed E-state index contributed by atoms with van der Waals surface area (Å²) in [6.45, 7) is 0. The maximum absolute atomic E-state index is 12.5. The molecular weight excluding hydrogens is 425 g/mol. The smallest absolute Gasteiger partial charge is 0.238 e. The predicted molar refractivity (Wildman–Crippen MR) is 108 cm³/mol. The third-order valence-corrected chi connectivity index (χ3v) is 5.65. The lowest BCUT2D eigenvalue weighted by atomic mass is 10.1. The van der Waals surface area contributed by atoms with Gasteiger partial charge in [-0.3, -0.25) is 4.79 Å². The third-order valence-electron chi connectivity index (χ3n) is 3.99. The fourth-order valence-electron chi connectivity index (χ4n) is 2.76. The molecule has 1 heterocycles. The molecule has 0 saturated carbocycles. The van der Waals surface area contributed by atoms with Crippen LogP contribution in [0.5, 0.6) is 5.88 Å². The van der Waals surface area contributed by atoms with Crippen LogP contribution in [0.25, 0.3) is 10.8 Å². The van der Waals surface area contributed by atoms with Crippen LogP contribution in [-0.4, -0.2) is 26.4 Å². The molecule has 3 N–H and O–H groups in total. The summed E-state index contributed by atoms with van der Waals surface area (Å²) in [6, 6.07) is 9.27. The number of aromatic nitrogens is 1. The predicted octanol–water partition coefficient (Wildman–Crippen LogP) is 3.38. The highest BCUT2D eigenvalue weighted by Crippen LogP contribution is 2.32. The Morgan fingerprint density at radius 3 is 2.46 bits per heavy atom. The van der Waals surface area contributed by atoms with Crippen molar-refractivity contribution in [1.29, 1.82) is 0 Å². The highest BCUT2D eigenvalue weighted by molar-refractivity contribution is 7.89. The van der Waals surface area contributed by atoms with E-state index in [9.17, 15) is 13.2 Å². The molecule has 1 amide bonds. The van der Waals surface area contributed by atoms with Gasteiger partial charge in [0, 0.05) is 32.7 Å². The number of hydrogen-bond donors (Lipinski definition) is 2. The number of nitrogens with two attached hydrogens (primary N) is 1. The van der Waals surface area contributed by atoms with Crippen LogP contribution in [0, 0.1) is 0 Å². The molecule has 0 bridgehead atoms. The number of nitrogens with zero attached hydrogens (tertiary/aromatic N) is 1. The normalized spacial score (nSPS) is 11.4. The summed E-state index contributed by atoms with van der Waals surface area (Å²) in [5.41, 5.74) is 0.686. The van der Waals surface area contributed by atoms with Crippen molar-refractivity contribution >= 4 is 55.6 Å². The minimum atomic E-state index is -4.06. The van der Waals surface area contributed by atoms with Crippen LogP contribution >= 0.6 is 23.2 Å². The maximum Gasteiger partial charge on any atom is 0.238 e. The molecule has 3 aromatic rings. The number of anilines is 1. The molecule has 3 rings (SSSR count). The van der Waals surface area contributed by atoms with E-state index in [-0.39, 0.29) is 22.9 Å². The molecule has 1 aromatic heterocycles. The Morgan fingerprint density at radius 1 is 1.18 bits per heavy atom. The number of hydrogen-bond acceptors (Lipinski definition) is 5. The Balaban J connectivity index is 2.02. The van der Waals surface area contributed by atoms with Crippen molar-refractivity contribution in [3.63, 3.8) is 0 Å². The first-order valence-corrected chi connectivity index (χ1v) is 10.2. The molecule has 0 atom stereocenters. The lowest BCUT2D eigenvalue weighted by Crippen LogP contribution is -2.17. The number of fused-ring (bicyclic) bond motifs is 1. The van der Waals surface area contributed by atoms with Crippen LogP contribution in [0.1, 0.15) is 5.56 Å². The number of nitrogens with one attached hydrogen (secondary N) is 1. The first-order chi connectivity index (χ1) is 13.2. The van der Waals surface area contributed by atoms with Crippen molar-refractivity contribution in [2.45, 2.75) is 11.3 Å². The van der Waals surface area contributed by atoms with Crippen molar-refractivity contribution in [3.8, 4) is 5.88 Å². The Bertz CT molecular complexity index is 1160. The molecule has 146 valence electrons. The van der Waals surface area contributed by atoms with Gasteiger partial charge in [0.1, 0.15) is 0 Å². The lowest BCUT2D eigenvalue weighted by molar-refractivity contribution is -0.115. The number of benzene rings is 2. The summed E-state index contributed by atoms with van der Waals surface area (Å²) in [4.78, 5) is 16.4. The molecular formula is C18H15Cl2N3O4S. The molecule has 2 aromatic carbocycles. The fourth-order valence-corrected chi connectivity index (χ4v) is 4.07. The van der Waals surface area contributed by atoms with Gasteiger partial charge in [-0.25, -0.2) is 18.5 Å². The van der Waals surface area contributed by atoms with E-state index in [2.05, 4.69) is 10.3 Å². The van der Waals surface area contributed by atoms with E-state index >= 15 is 0 Å². The van der Waals surface area contributed by atoms with Gasteiger partial charge in [-0.15, -0.1) is 0 Å². The van der Waals surface area contributed by atoms with E-state index in [0.29, 0.717) is 26.4 Å². The molecule has 0 aliphatic rings. The molecule has 0 unspecified atom stereocenters. The van der Waals surface area contributed by atoms with E-state index in [4.69, 9.17) is 33.1 Å². The van der Waals surface area contributed by atoms with Gasteiger partial charge in [0.15, 0.2) is 0 Å². The fraction of sp³-hybridized carbons (Fsp3) is 0.111. The highest BCUT2D eigenvalue weighted by atomic mass is 35.5. The second kappa shape index (κ2) is 7.92. The second-order valence-corrected chi connectivity index (χ2v) is 8.20. The molecule has 28 heavy (non-hydrogen) atoms. The van der Waals surface area contributed by atoms with Crippen molar-refractivity contribution in [2.75, 3.05) is 12.4 Å². The molecule has 0 saturated heterocycles. The van der Waals surface area contributed by atoms with E-state index < -0.39 is 15.9 Å². The summed E-state index contributed by atoms with van der Waals surface area (Å²) in [5, 5.41) is 9.43. The molecule has 0 aliphatic carbocycles. The van der Waals surface area contributed by atoms with Crippen molar-refractivity contribution in [3.05, 3.63) is 58.2 Å². The first kappa shape index (κ1) is 20.3. The quantitative estimate of drug-likeness (QED) is 0.632. The molecule has 0 fully saturated rings. The van der Waals surface area contributed by atoms with Gasteiger partial charge in [0.25, 0.3) is 0 Å². The van der Waals surface area contributed by atoms with Crippen molar-refractivity contribution < 1.29 is 17.9 Å². The van der Waals surface area contributed by atoms with Gasteiger partial charge < -0.3 is 10.1 Å². The zero-order chi connectivity index (χ0) is 20.5. The number of carbonyl (C=O) groups is 1. The van der Waals surface area contributed by atoms with E-state index in [1.54, 1.807) is 24.3 Å². The first-order valence-electron chi connectivity index (χ1n) is 7.93. The molecule has 0 spiro atoms. The van der Waals surface area contributed by atoms with Crippen LogP contribution in [0.4, 0.5) is 5.69 Å². The Morgan fingerprint density at radius 2 is 1.86 bits per heavy atom. The monoisotopic (exact) mass is 439 g/mol. The van der Waals surface area contributed by atoms with Gasteiger partial charge in [-0.05, 0) is 35.9 Å². The Labute approximate surface area is 171 Å². The largest absolute Gasteiger partial charge is 0.481 e. The molecule has 10 heteroatoms. The molecule has 0 radical (unpaired) electrons. The van der Waals surface area contributed by atoms with E-state index in [0.717, 1.165) is 0 Å². The molecule has 0 aliphatic heterocycles. The number of amides is 1. The summed E-state index contributed by atoms with van der Waals surface area (Å²) >= 11 is 12.2. The van der Waals surface area contributed by atoms with Gasteiger partial charge in [-0.2, -0.15) is 0 Å². The van der Waals surface area contributed by atoms with Crippen LogP contribution in [0.3, 0.4) is 0 Å². The van der Waals surface area contributed by atoms with Gasteiger partial charge in [0.05, 0.1) is 18.4 Å². The van der Waals surface area contributed by atoms with Crippen LogP contribution < -0.4 is 15.2 Å². The van der Waals surface area contributed by atoms with Crippen molar-refractivity contribution in [2.24, 2.45) is 5.14 Å². The third kappa shape index (κ3) is 4.20. The van der Waals surface area contributed by atoms with Crippen LogP contribution in [-0.2, 0) is 21.2 Å². The number of methoxy groups -OCH3 is 1. The average molecular weight is 440 g/mol. The van der Waals surface area contributed by atoms with Crippen LogP contribution in [0.15, 0.2) is 47.5 Å². The summed E-state index contributed by atoms with van der Waals surface area (Å²) in [5.74, 6) is -0.231. The topological polar surface area (TPSA) is 111 Å². The van der Waals surface area contributed by atoms with Gasteiger partial charge >= 0.3 is 0 Å². The number of sulfonamides is 1. The highest BCUT2D eigenvalue weighted by Gasteiger charge is 2.18. The minimum Gasteiger partial charge on any atom is -0.481 e. The zero-order valence-corrected chi connectivity index (χ0v) is 16.9.